The zero-order chi connectivity index (χ0) is 15.1. The predicted molar refractivity (Wildman–Crippen MR) is 93.8 cm³/mol. The van der Waals surface area contributed by atoms with E-state index in [0.29, 0.717) is 5.89 Å². The second-order valence-electron chi connectivity index (χ2n) is 5.40. The number of hydrogen-bond donors (Lipinski definition) is 0. The Kier molecular flexibility index (Phi) is 3.74. The summed E-state index contributed by atoms with van der Waals surface area (Å²) in [7, 11) is 4.01. The maximum absolute atomic E-state index is 5.84. The van der Waals surface area contributed by atoms with E-state index in [1.807, 2.05) is 55.2 Å². The molecule has 1 aliphatic heterocycles. The molecule has 0 bridgehead atoms. The highest BCUT2D eigenvalue weighted by Crippen LogP contribution is 2.33. The lowest BCUT2D eigenvalue weighted by atomic mass is 10.00. The Morgan fingerprint density at radius 2 is 2.00 bits per heavy atom. The highest BCUT2D eigenvalue weighted by Gasteiger charge is 2.18. The number of hydrogen-bond acceptors (Lipinski definition) is 3. The molecule has 3 aromatic rings. The molecule has 0 fully saturated rings. The van der Waals surface area contributed by atoms with Crippen molar-refractivity contribution in [3.63, 3.8) is 0 Å². The van der Waals surface area contributed by atoms with Crippen molar-refractivity contribution < 1.29 is 8.98 Å². The quantitative estimate of drug-likeness (QED) is 0.641. The maximum atomic E-state index is 5.84. The van der Waals surface area contributed by atoms with Crippen LogP contribution in [0.4, 0.5) is 5.69 Å². The van der Waals surface area contributed by atoms with Crippen LogP contribution in [0.15, 0.2) is 59.3 Å². The number of para-hydroxylation sites is 1. The third-order valence-corrected chi connectivity index (χ3v) is 3.89. The van der Waals surface area contributed by atoms with E-state index >= 15 is 0 Å². The Labute approximate surface area is 136 Å². The highest BCUT2D eigenvalue weighted by molar-refractivity contribution is 5.93. The standard InChI is InChI=1S/C18H16N3O.CH4/c1-20-11-9-13(14-6-3-4-7-15(14)20)12-17-19-18-16(22-17)8-5-10-21(18)2;/h3-12H,1-2H3;1H4/q+1;. The van der Waals surface area contributed by atoms with Crippen LogP contribution in [0.2, 0.25) is 0 Å². The van der Waals surface area contributed by atoms with Gasteiger partial charge >= 0.3 is 11.5 Å². The lowest BCUT2D eigenvalue weighted by molar-refractivity contribution is -0.646. The molecule has 4 heteroatoms. The van der Waals surface area contributed by atoms with Crippen molar-refractivity contribution in [1.82, 2.24) is 4.98 Å². The molecule has 0 saturated heterocycles. The summed E-state index contributed by atoms with van der Waals surface area (Å²) in [5.41, 5.74) is 5.10. The first-order valence-corrected chi connectivity index (χ1v) is 7.20. The van der Waals surface area contributed by atoms with Gasteiger partial charge in [0, 0.05) is 35.6 Å². The van der Waals surface area contributed by atoms with Crippen molar-refractivity contribution in [2.75, 3.05) is 11.9 Å². The first kappa shape index (κ1) is 15.0. The first-order valence-electron chi connectivity index (χ1n) is 7.20. The van der Waals surface area contributed by atoms with Crippen LogP contribution in [0.3, 0.4) is 0 Å². The number of anilines is 1. The Morgan fingerprint density at radius 1 is 1.17 bits per heavy atom. The summed E-state index contributed by atoms with van der Waals surface area (Å²) in [6.45, 7) is 0. The molecular formula is C19H20N3O+. The molecule has 23 heavy (non-hydrogen) atoms. The Morgan fingerprint density at radius 3 is 2.83 bits per heavy atom. The van der Waals surface area contributed by atoms with Crippen LogP contribution in [0.5, 0.6) is 0 Å². The summed E-state index contributed by atoms with van der Waals surface area (Å²) < 4.78 is 7.80. The van der Waals surface area contributed by atoms with Crippen molar-refractivity contribution in [2.45, 2.75) is 7.43 Å². The van der Waals surface area contributed by atoms with E-state index in [4.69, 9.17) is 4.42 Å². The van der Waals surface area contributed by atoms with Crippen LogP contribution >= 0.6 is 0 Å². The van der Waals surface area contributed by atoms with E-state index in [-0.39, 0.29) is 7.43 Å². The van der Waals surface area contributed by atoms with Gasteiger partial charge in [0.15, 0.2) is 0 Å². The van der Waals surface area contributed by atoms with E-state index < -0.39 is 0 Å². The van der Waals surface area contributed by atoms with E-state index in [2.05, 4.69) is 34.3 Å². The number of aromatic nitrogens is 2. The number of nitrogens with zero attached hydrogens (tertiary/aromatic N) is 3. The zero-order valence-corrected chi connectivity index (χ0v) is 12.5. The van der Waals surface area contributed by atoms with Gasteiger partial charge in [0.05, 0.1) is 13.2 Å². The van der Waals surface area contributed by atoms with Crippen molar-refractivity contribution in [3.05, 3.63) is 66.3 Å². The fourth-order valence-corrected chi connectivity index (χ4v) is 2.74. The third-order valence-electron chi connectivity index (χ3n) is 3.89. The van der Waals surface area contributed by atoms with Gasteiger partial charge in [-0.2, -0.15) is 0 Å². The molecule has 0 N–H and O–H groups in total. The predicted octanol–water partition coefficient (Wildman–Crippen LogP) is 3.79. The van der Waals surface area contributed by atoms with E-state index in [0.717, 1.165) is 16.8 Å². The van der Waals surface area contributed by atoms with Crippen LogP contribution < -0.4 is 9.47 Å². The molecular weight excluding hydrogens is 286 g/mol. The topological polar surface area (TPSA) is 33.2 Å². The van der Waals surface area contributed by atoms with Gasteiger partial charge in [0.25, 0.3) is 0 Å². The molecule has 3 heterocycles. The van der Waals surface area contributed by atoms with Crippen molar-refractivity contribution in [3.8, 4) is 0 Å². The summed E-state index contributed by atoms with van der Waals surface area (Å²) in [4.78, 5) is 6.68. The number of allylic oxidation sites excluding steroid dienone is 2. The molecule has 0 amide bonds. The van der Waals surface area contributed by atoms with Crippen LogP contribution in [0.1, 0.15) is 18.9 Å². The fourth-order valence-electron chi connectivity index (χ4n) is 2.74. The van der Waals surface area contributed by atoms with Crippen molar-refractivity contribution in [2.24, 2.45) is 7.05 Å². The SMILES string of the molecule is C.CN1C=C/C(=C\c2nc3c(ccc[n+]3C)o2)c2ccccc21. The van der Waals surface area contributed by atoms with Gasteiger partial charge < -0.3 is 9.32 Å². The number of fused-ring (bicyclic) bond motifs is 2. The molecule has 0 radical (unpaired) electrons. The molecule has 4 nitrogen and oxygen atoms in total. The van der Waals surface area contributed by atoms with Gasteiger partial charge in [-0.3, -0.25) is 0 Å². The number of aryl methyl sites for hydroxylation is 1. The number of oxazole rings is 1. The fraction of sp³-hybridized carbons (Fsp3) is 0.158. The van der Waals surface area contributed by atoms with Crippen LogP contribution in [-0.2, 0) is 7.05 Å². The highest BCUT2D eigenvalue weighted by atomic mass is 16.3. The van der Waals surface area contributed by atoms with Crippen molar-refractivity contribution >= 4 is 28.6 Å². The summed E-state index contributed by atoms with van der Waals surface area (Å²) in [6.07, 6.45) is 8.09. The third kappa shape index (κ3) is 2.52. The van der Waals surface area contributed by atoms with Gasteiger partial charge in [-0.1, -0.05) is 25.6 Å². The van der Waals surface area contributed by atoms with Crippen LogP contribution in [0, 0.1) is 0 Å². The van der Waals surface area contributed by atoms with Gasteiger partial charge in [-0.05, 0) is 29.8 Å². The second kappa shape index (κ2) is 5.72. The summed E-state index contributed by atoms with van der Waals surface area (Å²) in [5, 5.41) is 0. The number of rotatable bonds is 1. The molecule has 4 rings (SSSR count). The molecule has 0 atom stereocenters. The van der Waals surface area contributed by atoms with Gasteiger partial charge in [0.1, 0.15) is 0 Å². The number of pyridine rings is 1. The molecule has 1 aliphatic rings. The average Bonchev–Trinajstić information content (AvgIpc) is 2.95. The summed E-state index contributed by atoms with van der Waals surface area (Å²) in [5.74, 6) is 0.621. The van der Waals surface area contributed by atoms with E-state index in [9.17, 15) is 0 Å². The van der Waals surface area contributed by atoms with E-state index in [1.54, 1.807) is 0 Å². The first-order chi connectivity index (χ1) is 10.7. The number of benzene rings is 1. The molecule has 0 unspecified atom stereocenters. The summed E-state index contributed by atoms with van der Waals surface area (Å²) >= 11 is 0. The van der Waals surface area contributed by atoms with Gasteiger partial charge in [0.2, 0.25) is 5.58 Å². The average molecular weight is 306 g/mol. The Hall–Kier alpha value is -2.88. The lowest BCUT2D eigenvalue weighted by Gasteiger charge is -2.23. The van der Waals surface area contributed by atoms with Gasteiger partial charge in [-0.15, -0.1) is 0 Å². The normalized spacial score (nSPS) is 14.9. The molecule has 2 aromatic heterocycles. The van der Waals surface area contributed by atoms with Gasteiger partial charge in [-0.25, -0.2) is 4.57 Å². The molecule has 116 valence electrons. The molecule has 0 saturated carbocycles. The van der Waals surface area contributed by atoms with Crippen LogP contribution in [0.25, 0.3) is 22.9 Å². The lowest BCUT2D eigenvalue weighted by Crippen LogP contribution is -2.28. The zero-order valence-electron chi connectivity index (χ0n) is 12.5. The minimum absolute atomic E-state index is 0. The monoisotopic (exact) mass is 306 g/mol. The molecule has 0 aliphatic carbocycles. The largest absolute Gasteiger partial charge is 0.411 e. The van der Waals surface area contributed by atoms with E-state index in [1.165, 1.54) is 11.3 Å². The minimum Gasteiger partial charge on any atom is -0.411 e. The second-order valence-corrected chi connectivity index (χ2v) is 5.40. The van der Waals surface area contributed by atoms with Crippen LogP contribution in [-0.4, -0.2) is 12.0 Å². The maximum Gasteiger partial charge on any atom is 0.370 e. The molecule has 0 spiro atoms. The summed E-state index contributed by atoms with van der Waals surface area (Å²) in [6, 6.07) is 12.2. The smallest absolute Gasteiger partial charge is 0.370 e. The Bertz CT molecular complexity index is 921. The Balaban J connectivity index is 0.00000156. The molecule has 1 aromatic carbocycles. The minimum atomic E-state index is 0. The van der Waals surface area contributed by atoms with Crippen molar-refractivity contribution in [1.29, 1.82) is 0 Å².